The second kappa shape index (κ2) is 7.43. The molecule has 1 saturated heterocycles. The SMILES string of the molecule is Cn1cnnc1CCNC(=O)[C@H]1OCC(=O)N(C2CC2)[C@@H]1c1cccnc1. The maximum absolute atomic E-state index is 12.9. The highest BCUT2D eigenvalue weighted by atomic mass is 16.5. The standard InChI is InChI=1S/C18H22N6O3/c1-23-11-21-22-14(23)6-8-20-18(26)17-16(12-3-2-7-19-9-12)24(13-4-5-13)15(25)10-27-17/h2-3,7,9,11,13,16-17H,4-6,8,10H2,1H3,(H,20,26)/t16-,17+/m1/s1. The zero-order valence-electron chi connectivity index (χ0n) is 15.1. The van der Waals surface area contributed by atoms with E-state index in [4.69, 9.17) is 4.74 Å². The van der Waals surface area contributed by atoms with Gasteiger partial charge in [0.25, 0.3) is 5.91 Å². The van der Waals surface area contributed by atoms with Gasteiger partial charge in [0, 0.05) is 38.4 Å². The number of amides is 2. The lowest BCUT2D eigenvalue weighted by Gasteiger charge is -2.40. The van der Waals surface area contributed by atoms with Crippen LogP contribution in [0.15, 0.2) is 30.9 Å². The van der Waals surface area contributed by atoms with Crippen molar-refractivity contribution in [3.05, 3.63) is 42.2 Å². The largest absolute Gasteiger partial charge is 0.356 e. The second-order valence-corrected chi connectivity index (χ2v) is 6.89. The third kappa shape index (κ3) is 3.68. The van der Waals surface area contributed by atoms with E-state index in [-0.39, 0.29) is 24.5 Å². The first-order valence-electron chi connectivity index (χ1n) is 9.08. The number of carbonyl (C=O) groups excluding carboxylic acids is 2. The van der Waals surface area contributed by atoms with E-state index < -0.39 is 12.1 Å². The fraction of sp³-hybridized carbons (Fsp3) is 0.500. The lowest BCUT2D eigenvalue weighted by molar-refractivity contribution is -0.165. The fourth-order valence-electron chi connectivity index (χ4n) is 3.45. The lowest BCUT2D eigenvalue weighted by Crippen LogP contribution is -2.55. The molecule has 1 aliphatic heterocycles. The molecule has 1 saturated carbocycles. The monoisotopic (exact) mass is 370 g/mol. The zero-order chi connectivity index (χ0) is 18.8. The number of nitrogens with zero attached hydrogens (tertiary/aromatic N) is 5. The van der Waals surface area contributed by atoms with Crippen molar-refractivity contribution in [1.29, 1.82) is 0 Å². The van der Waals surface area contributed by atoms with E-state index in [0.717, 1.165) is 24.2 Å². The van der Waals surface area contributed by atoms with Crippen molar-refractivity contribution in [2.75, 3.05) is 13.2 Å². The number of hydrogen-bond acceptors (Lipinski definition) is 6. The molecule has 2 amide bonds. The second-order valence-electron chi connectivity index (χ2n) is 6.89. The van der Waals surface area contributed by atoms with Crippen LogP contribution < -0.4 is 5.32 Å². The summed E-state index contributed by atoms with van der Waals surface area (Å²) in [6, 6.07) is 3.42. The van der Waals surface area contributed by atoms with Crippen LogP contribution in [-0.4, -0.2) is 61.8 Å². The Morgan fingerprint density at radius 1 is 1.41 bits per heavy atom. The van der Waals surface area contributed by atoms with E-state index in [1.165, 1.54) is 0 Å². The first-order valence-corrected chi connectivity index (χ1v) is 9.08. The lowest BCUT2D eigenvalue weighted by atomic mass is 9.98. The molecule has 27 heavy (non-hydrogen) atoms. The maximum Gasteiger partial charge on any atom is 0.251 e. The Bertz CT molecular complexity index is 820. The molecule has 2 fully saturated rings. The minimum Gasteiger partial charge on any atom is -0.356 e. The van der Waals surface area contributed by atoms with Crippen LogP contribution in [0.1, 0.15) is 30.3 Å². The zero-order valence-corrected chi connectivity index (χ0v) is 15.1. The topological polar surface area (TPSA) is 102 Å². The van der Waals surface area contributed by atoms with Gasteiger partial charge in [-0.2, -0.15) is 0 Å². The predicted octanol–water partition coefficient (Wildman–Crippen LogP) is -0.0001000. The van der Waals surface area contributed by atoms with E-state index in [0.29, 0.717) is 13.0 Å². The molecule has 0 aromatic carbocycles. The van der Waals surface area contributed by atoms with E-state index in [1.54, 1.807) is 18.7 Å². The van der Waals surface area contributed by atoms with Crippen LogP contribution in [-0.2, 0) is 27.8 Å². The minimum atomic E-state index is -0.757. The first-order chi connectivity index (χ1) is 13.1. The van der Waals surface area contributed by atoms with E-state index >= 15 is 0 Å². The number of carbonyl (C=O) groups is 2. The van der Waals surface area contributed by atoms with Gasteiger partial charge < -0.3 is 19.5 Å². The Balaban J connectivity index is 1.49. The number of ether oxygens (including phenoxy) is 1. The highest BCUT2D eigenvalue weighted by molar-refractivity contribution is 5.86. The molecule has 2 aromatic rings. The average molecular weight is 370 g/mol. The number of aromatic nitrogens is 4. The molecule has 9 nitrogen and oxygen atoms in total. The van der Waals surface area contributed by atoms with Gasteiger partial charge in [-0.3, -0.25) is 14.6 Å². The molecule has 0 bridgehead atoms. The summed E-state index contributed by atoms with van der Waals surface area (Å²) in [6.45, 7) is 0.344. The third-order valence-corrected chi connectivity index (χ3v) is 4.94. The molecule has 9 heteroatoms. The van der Waals surface area contributed by atoms with Crippen LogP contribution in [0.5, 0.6) is 0 Å². The summed E-state index contributed by atoms with van der Waals surface area (Å²) in [7, 11) is 1.86. The summed E-state index contributed by atoms with van der Waals surface area (Å²) in [5.41, 5.74) is 0.811. The van der Waals surface area contributed by atoms with Gasteiger partial charge in [0.05, 0.1) is 6.04 Å². The van der Waals surface area contributed by atoms with Crippen molar-refractivity contribution < 1.29 is 14.3 Å². The number of nitrogens with one attached hydrogen (secondary N) is 1. The number of morpholine rings is 1. The highest BCUT2D eigenvalue weighted by Gasteiger charge is 2.47. The van der Waals surface area contributed by atoms with Gasteiger partial charge in [0.1, 0.15) is 18.8 Å². The molecule has 142 valence electrons. The van der Waals surface area contributed by atoms with Crippen LogP contribution in [0.25, 0.3) is 0 Å². The van der Waals surface area contributed by atoms with Gasteiger partial charge in [-0.25, -0.2) is 0 Å². The van der Waals surface area contributed by atoms with Crippen LogP contribution in [0.3, 0.4) is 0 Å². The molecular formula is C18H22N6O3. The highest BCUT2D eigenvalue weighted by Crippen LogP contribution is 2.39. The van der Waals surface area contributed by atoms with E-state index in [1.807, 2.05) is 28.6 Å². The van der Waals surface area contributed by atoms with Gasteiger partial charge >= 0.3 is 0 Å². The van der Waals surface area contributed by atoms with E-state index in [9.17, 15) is 9.59 Å². The normalized spacial score (nSPS) is 22.7. The summed E-state index contributed by atoms with van der Waals surface area (Å²) in [6.07, 6.45) is 6.73. The summed E-state index contributed by atoms with van der Waals surface area (Å²) in [4.78, 5) is 31.3. The fourth-order valence-corrected chi connectivity index (χ4v) is 3.45. The summed E-state index contributed by atoms with van der Waals surface area (Å²) >= 11 is 0. The molecule has 2 aromatic heterocycles. The van der Waals surface area contributed by atoms with Crippen molar-refractivity contribution in [2.24, 2.45) is 7.05 Å². The first kappa shape index (κ1) is 17.6. The van der Waals surface area contributed by atoms with Crippen LogP contribution in [0, 0.1) is 0 Å². The molecule has 2 atom stereocenters. The number of aryl methyl sites for hydroxylation is 1. The number of rotatable bonds is 6. The van der Waals surface area contributed by atoms with Gasteiger partial charge in [-0.05, 0) is 24.5 Å². The molecular weight excluding hydrogens is 348 g/mol. The van der Waals surface area contributed by atoms with Gasteiger partial charge in [-0.15, -0.1) is 10.2 Å². The van der Waals surface area contributed by atoms with Crippen molar-refractivity contribution >= 4 is 11.8 Å². The van der Waals surface area contributed by atoms with Crippen molar-refractivity contribution in [3.63, 3.8) is 0 Å². The smallest absolute Gasteiger partial charge is 0.251 e. The van der Waals surface area contributed by atoms with Crippen LogP contribution >= 0.6 is 0 Å². The molecule has 4 rings (SSSR count). The summed E-state index contributed by atoms with van der Waals surface area (Å²) in [5.74, 6) is 0.483. The summed E-state index contributed by atoms with van der Waals surface area (Å²) in [5, 5.41) is 10.7. The minimum absolute atomic E-state index is 0.0745. The molecule has 0 unspecified atom stereocenters. The Labute approximate surface area is 156 Å². The molecule has 1 aliphatic carbocycles. The van der Waals surface area contributed by atoms with Crippen molar-refractivity contribution in [3.8, 4) is 0 Å². The van der Waals surface area contributed by atoms with Gasteiger partial charge in [0.15, 0.2) is 6.10 Å². The maximum atomic E-state index is 12.9. The Morgan fingerprint density at radius 3 is 2.93 bits per heavy atom. The number of pyridine rings is 1. The molecule has 3 heterocycles. The molecule has 2 aliphatic rings. The van der Waals surface area contributed by atoms with Gasteiger partial charge in [-0.1, -0.05) is 6.07 Å². The Morgan fingerprint density at radius 2 is 2.26 bits per heavy atom. The molecule has 0 spiro atoms. The van der Waals surface area contributed by atoms with Crippen LogP contribution in [0.4, 0.5) is 0 Å². The molecule has 0 radical (unpaired) electrons. The van der Waals surface area contributed by atoms with E-state index in [2.05, 4.69) is 20.5 Å². The number of hydrogen-bond donors (Lipinski definition) is 1. The van der Waals surface area contributed by atoms with Crippen molar-refractivity contribution in [2.45, 2.75) is 37.5 Å². The Kier molecular flexibility index (Phi) is 4.85. The molecule has 1 N–H and O–H groups in total. The quantitative estimate of drug-likeness (QED) is 0.768. The predicted molar refractivity (Wildman–Crippen MR) is 94.3 cm³/mol. The van der Waals surface area contributed by atoms with Gasteiger partial charge in [0.2, 0.25) is 5.91 Å². The summed E-state index contributed by atoms with van der Waals surface area (Å²) < 4.78 is 7.49. The third-order valence-electron chi connectivity index (χ3n) is 4.94. The van der Waals surface area contributed by atoms with Crippen LogP contribution in [0.2, 0.25) is 0 Å². The average Bonchev–Trinajstić information content (AvgIpc) is 3.44. The Hall–Kier alpha value is -2.81. The van der Waals surface area contributed by atoms with Crippen molar-refractivity contribution in [1.82, 2.24) is 30.0 Å².